The van der Waals surface area contributed by atoms with Crippen molar-refractivity contribution in [3.63, 3.8) is 0 Å². The number of hydrogen-bond donors (Lipinski definition) is 2. The Balaban J connectivity index is 1.41. The molecule has 1 amide bonds. The molecule has 0 unspecified atom stereocenters. The molecule has 0 saturated heterocycles. The molecule has 6 nitrogen and oxygen atoms in total. The lowest BCUT2D eigenvalue weighted by atomic mass is 10.1. The molecule has 0 radical (unpaired) electrons. The van der Waals surface area contributed by atoms with Crippen molar-refractivity contribution in [1.82, 2.24) is 14.8 Å². The van der Waals surface area contributed by atoms with E-state index < -0.39 is 0 Å². The first kappa shape index (κ1) is 19.4. The minimum Gasteiger partial charge on any atom is -0.366 e. The van der Waals surface area contributed by atoms with Crippen LogP contribution < -0.4 is 10.6 Å². The second-order valence-corrected chi connectivity index (χ2v) is 7.15. The molecular formula is C24H23N5O. The summed E-state index contributed by atoms with van der Waals surface area (Å²) < 4.78 is 1.81. The first-order valence-corrected chi connectivity index (χ1v) is 9.74. The maximum absolute atomic E-state index is 12.4. The molecule has 0 atom stereocenters. The number of nitrogens with one attached hydrogen (secondary N) is 2. The van der Waals surface area contributed by atoms with E-state index in [1.165, 1.54) is 0 Å². The van der Waals surface area contributed by atoms with E-state index in [0.29, 0.717) is 17.9 Å². The summed E-state index contributed by atoms with van der Waals surface area (Å²) in [7, 11) is 1.91. The van der Waals surface area contributed by atoms with E-state index >= 15 is 0 Å². The monoisotopic (exact) mass is 397 g/mol. The highest BCUT2D eigenvalue weighted by Gasteiger charge is 2.11. The van der Waals surface area contributed by atoms with Crippen molar-refractivity contribution in [3.8, 4) is 11.3 Å². The van der Waals surface area contributed by atoms with Crippen molar-refractivity contribution < 1.29 is 4.79 Å². The number of rotatable bonds is 6. The maximum atomic E-state index is 12.4. The molecule has 2 heterocycles. The van der Waals surface area contributed by atoms with Crippen molar-refractivity contribution in [2.24, 2.45) is 7.05 Å². The SMILES string of the molecule is Cc1ccc(NC(=O)c2ccc(NCc3cn(C)nc3-c3ccccc3)nc2)cc1. The standard InChI is InChI=1S/C24H23N5O/c1-17-8-11-21(12-9-17)27-24(30)19-10-13-22(25-14-19)26-15-20-16-29(2)28-23(20)18-6-4-3-5-7-18/h3-14,16H,15H2,1-2H3,(H,25,26)(H,27,30). The van der Waals surface area contributed by atoms with Crippen LogP contribution in [0.1, 0.15) is 21.5 Å². The Kier molecular flexibility index (Phi) is 5.57. The van der Waals surface area contributed by atoms with Gasteiger partial charge in [0.15, 0.2) is 0 Å². The number of amides is 1. The molecule has 4 rings (SSSR count). The Bertz CT molecular complexity index is 1130. The third-order valence-electron chi connectivity index (χ3n) is 4.75. The molecule has 0 aliphatic heterocycles. The Hall–Kier alpha value is -3.93. The Morgan fingerprint density at radius 3 is 2.47 bits per heavy atom. The highest BCUT2D eigenvalue weighted by atomic mass is 16.1. The predicted octanol–water partition coefficient (Wildman–Crippen LogP) is 4.65. The van der Waals surface area contributed by atoms with Crippen molar-refractivity contribution in [3.05, 3.63) is 95.8 Å². The minimum absolute atomic E-state index is 0.184. The van der Waals surface area contributed by atoms with Crippen LogP contribution in [0.3, 0.4) is 0 Å². The maximum Gasteiger partial charge on any atom is 0.257 e. The molecule has 2 aromatic heterocycles. The van der Waals surface area contributed by atoms with Crippen molar-refractivity contribution in [2.75, 3.05) is 10.6 Å². The fourth-order valence-electron chi connectivity index (χ4n) is 3.16. The van der Waals surface area contributed by atoms with Crippen LogP contribution >= 0.6 is 0 Å². The molecule has 2 aromatic carbocycles. The van der Waals surface area contributed by atoms with Gasteiger partial charge in [0.1, 0.15) is 5.82 Å². The van der Waals surface area contributed by atoms with Crippen molar-refractivity contribution in [1.29, 1.82) is 0 Å². The van der Waals surface area contributed by atoms with Crippen LogP contribution in [-0.2, 0) is 13.6 Å². The van der Waals surface area contributed by atoms with E-state index in [4.69, 9.17) is 0 Å². The molecule has 150 valence electrons. The van der Waals surface area contributed by atoms with Crippen LogP contribution in [0.15, 0.2) is 79.1 Å². The number of aromatic nitrogens is 3. The van der Waals surface area contributed by atoms with E-state index in [1.54, 1.807) is 12.3 Å². The number of carbonyl (C=O) groups is 1. The summed E-state index contributed by atoms with van der Waals surface area (Å²) in [6.45, 7) is 2.59. The summed E-state index contributed by atoms with van der Waals surface area (Å²) in [4.78, 5) is 16.8. The number of aryl methyl sites for hydroxylation is 2. The van der Waals surface area contributed by atoms with Gasteiger partial charge in [0.2, 0.25) is 0 Å². The lowest BCUT2D eigenvalue weighted by molar-refractivity contribution is 0.102. The van der Waals surface area contributed by atoms with E-state index in [-0.39, 0.29) is 5.91 Å². The first-order valence-electron chi connectivity index (χ1n) is 9.74. The van der Waals surface area contributed by atoms with Crippen molar-refractivity contribution >= 4 is 17.4 Å². The van der Waals surface area contributed by atoms with Gasteiger partial charge >= 0.3 is 0 Å². The lowest BCUT2D eigenvalue weighted by Gasteiger charge is -2.08. The summed E-state index contributed by atoms with van der Waals surface area (Å²) in [5.41, 5.74) is 5.51. The molecule has 0 bridgehead atoms. The summed E-state index contributed by atoms with van der Waals surface area (Å²) >= 11 is 0. The van der Waals surface area contributed by atoms with Crippen LogP contribution in [0.25, 0.3) is 11.3 Å². The highest BCUT2D eigenvalue weighted by Crippen LogP contribution is 2.22. The van der Waals surface area contributed by atoms with Gasteiger partial charge in [0.25, 0.3) is 5.91 Å². The topological polar surface area (TPSA) is 71.8 Å². The molecule has 0 aliphatic rings. The Morgan fingerprint density at radius 1 is 1.00 bits per heavy atom. The molecule has 0 fully saturated rings. The summed E-state index contributed by atoms with van der Waals surface area (Å²) in [6.07, 6.45) is 3.58. The minimum atomic E-state index is -0.184. The number of benzene rings is 2. The zero-order chi connectivity index (χ0) is 20.9. The average Bonchev–Trinajstić information content (AvgIpc) is 3.15. The molecule has 6 heteroatoms. The van der Waals surface area contributed by atoms with E-state index in [1.807, 2.05) is 85.5 Å². The fourth-order valence-corrected chi connectivity index (χ4v) is 3.16. The molecule has 4 aromatic rings. The normalized spacial score (nSPS) is 10.6. The molecule has 30 heavy (non-hydrogen) atoms. The van der Waals surface area contributed by atoms with Gasteiger partial charge in [0, 0.05) is 42.8 Å². The van der Waals surface area contributed by atoms with Crippen LogP contribution in [0.5, 0.6) is 0 Å². The Labute approximate surface area is 175 Å². The highest BCUT2D eigenvalue weighted by molar-refractivity contribution is 6.04. The molecule has 2 N–H and O–H groups in total. The third-order valence-corrected chi connectivity index (χ3v) is 4.75. The number of nitrogens with zero attached hydrogens (tertiary/aromatic N) is 3. The van der Waals surface area contributed by atoms with Gasteiger partial charge in [-0.2, -0.15) is 5.10 Å². The van der Waals surface area contributed by atoms with Crippen LogP contribution in [0.4, 0.5) is 11.5 Å². The van der Waals surface area contributed by atoms with Gasteiger partial charge in [-0.3, -0.25) is 9.48 Å². The zero-order valence-electron chi connectivity index (χ0n) is 17.0. The molecule has 0 aliphatic carbocycles. The lowest BCUT2D eigenvalue weighted by Crippen LogP contribution is -2.12. The number of carbonyl (C=O) groups excluding carboxylic acids is 1. The zero-order valence-corrected chi connectivity index (χ0v) is 17.0. The van der Waals surface area contributed by atoms with Gasteiger partial charge < -0.3 is 10.6 Å². The molecule has 0 spiro atoms. The number of anilines is 2. The molecular weight excluding hydrogens is 374 g/mol. The van der Waals surface area contributed by atoms with Gasteiger partial charge in [-0.05, 0) is 31.2 Å². The number of hydrogen-bond acceptors (Lipinski definition) is 4. The third kappa shape index (κ3) is 4.55. The van der Waals surface area contributed by atoms with Gasteiger partial charge in [-0.25, -0.2) is 4.98 Å². The van der Waals surface area contributed by atoms with Crippen LogP contribution in [0.2, 0.25) is 0 Å². The van der Waals surface area contributed by atoms with E-state index in [0.717, 1.165) is 28.1 Å². The quantitative estimate of drug-likeness (QED) is 0.497. The average molecular weight is 397 g/mol. The largest absolute Gasteiger partial charge is 0.366 e. The number of pyridine rings is 1. The predicted molar refractivity (Wildman–Crippen MR) is 119 cm³/mol. The second kappa shape index (κ2) is 8.61. The van der Waals surface area contributed by atoms with Gasteiger partial charge in [-0.1, -0.05) is 48.0 Å². The molecule has 0 saturated carbocycles. The second-order valence-electron chi connectivity index (χ2n) is 7.15. The van der Waals surface area contributed by atoms with Gasteiger partial charge in [-0.15, -0.1) is 0 Å². The fraction of sp³-hybridized carbons (Fsp3) is 0.125. The first-order chi connectivity index (χ1) is 14.6. The van der Waals surface area contributed by atoms with E-state index in [2.05, 4.69) is 20.7 Å². The van der Waals surface area contributed by atoms with Gasteiger partial charge in [0.05, 0.1) is 11.3 Å². The Morgan fingerprint density at radius 2 is 1.77 bits per heavy atom. The van der Waals surface area contributed by atoms with Crippen LogP contribution in [-0.4, -0.2) is 20.7 Å². The van der Waals surface area contributed by atoms with E-state index in [9.17, 15) is 4.79 Å². The van der Waals surface area contributed by atoms with Crippen LogP contribution in [0, 0.1) is 6.92 Å². The summed E-state index contributed by atoms with van der Waals surface area (Å²) in [5, 5.41) is 10.8. The summed E-state index contributed by atoms with van der Waals surface area (Å²) in [6, 6.07) is 21.4. The summed E-state index contributed by atoms with van der Waals surface area (Å²) in [5.74, 6) is 0.515. The smallest absolute Gasteiger partial charge is 0.257 e. The van der Waals surface area contributed by atoms with Crippen molar-refractivity contribution in [2.45, 2.75) is 13.5 Å².